The van der Waals surface area contributed by atoms with Crippen LogP contribution in [0.2, 0.25) is 0 Å². The minimum Gasteiger partial charge on any atom is -0.313 e. The minimum atomic E-state index is -0.549. The molecule has 0 bridgehead atoms. The fraction of sp³-hybridized carbons (Fsp3) is 0.385. The van der Waals surface area contributed by atoms with E-state index >= 15 is 0 Å². The van der Waals surface area contributed by atoms with Crippen LogP contribution >= 0.6 is 0 Å². The highest BCUT2D eigenvalue weighted by molar-refractivity contribution is 5.49. The Bertz CT molecular complexity index is 359. The molecular weight excluding hydrogens is 208 g/mol. The van der Waals surface area contributed by atoms with Gasteiger partial charge in [-0.3, -0.25) is 0 Å². The third-order valence-electron chi connectivity index (χ3n) is 2.07. The molecule has 0 spiro atoms. The normalized spacial score (nSPS) is 11.6. The van der Waals surface area contributed by atoms with Crippen molar-refractivity contribution in [1.82, 2.24) is 5.32 Å². The van der Waals surface area contributed by atoms with E-state index in [0.717, 1.165) is 12.6 Å². The van der Waals surface area contributed by atoms with E-state index in [2.05, 4.69) is 19.2 Å². The SMILES string of the molecule is CC(C)CNCC=Cc1ccc(F)cc1F. The zero-order valence-electron chi connectivity index (χ0n) is 9.63. The molecule has 0 aromatic heterocycles. The highest BCUT2D eigenvalue weighted by Gasteiger charge is 1.99. The second-order valence-corrected chi connectivity index (χ2v) is 4.12. The highest BCUT2D eigenvalue weighted by atomic mass is 19.1. The molecule has 88 valence electrons. The summed E-state index contributed by atoms with van der Waals surface area (Å²) in [4.78, 5) is 0. The number of halogens is 2. The maximum atomic E-state index is 13.2. The molecule has 1 N–H and O–H groups in total. The number of rotatable bonds is 5. The van der Waals surface area contributed by atoms with E-state index in [9.17, 15) is 8.78 Å². The van der Waals surface area contributed by atoms with Gasteiger partial charge in [-0.1, -0.05) is 26.0 Å². The predicted octanol–water partition coefficient (Wildman–Crippen LogP) is 3.22. The van der Waals surface area contributed by atoms with Crippen LogP contribution in [0.3, 0.4) is 0 Å². The summed E-state index contributed by atoms with van der Waals surface area (Å²) in [6.45, 7) is 5.86. The van der Waals surface area contributed by atoms with Crippen LogP contribution in [0, 0.1) is 17.6 Å². The van der Waals surface area contributed by atoms with E-state index in [0.29, 0.717) is 18.0 Å². The second kappa shape index (κ2) is 6.38. The van der Waals surface area contributed by atoms with Crippen LogP contribution in [-0.4, -0.2) is 13.1 Å². The van der Waals surface area contributed by atoms with E-state index in [4.69, 9.17) is 0 Å². The zero-order valence-corrected chi connectivity index (χ0v) is 9.63. The number of nitrogens with one attached hydrogen (secondary N) is 1. The third kappa shape index (κ3) is 4.53. The smallest absolute Gasteiger partial charge is 0.133 e. The molecule has 0 saturated heterocycles. The van der Waals surface area contributed by atoms with Crippen LogP contribution < -0.4 is 5.32 Å². The van der Waals surface area contributed by atoms with Crippen LogP contribution in [0.15, 0.2) is 24.3 Å². The summed E-state index contributed by atoms with van der Waals surface area (Å²) in [5.41, 5.74) is 0.410. The molecule has 0 aliphatic rings. The Morgan fingerprint density at radius 1 is 1.31 bits per heavy atom. The zero-order chi connectivity index (χ0) is 12.0. The predicted molar refractivity (Wildman–Crippen MR) is 63.1 cm³/mol. The van der Waals surface area contributed by atoms with Gasteiger partial charge in [0, 0.05) is 18.2 Å². The fourth-order valence-corrected chi connectivity index (χ4v) is 1.28. The van der Waals surface area contributed by atoms with Crippen molar-refractivity contribution in [3.8, 4) is 0 Å². The molecule has 0 saturated carbocycles. The lowest BCUT2D eigenvalue weighted by Crippen LogP contribution is -2.19. The van der Waals surface area contributed by atoms with Gasteiger partial charge in [0.2, 0.25) is 0 Å². The first-order chi connectivity index (χ1) is 7.59. The van der Waals surface area contributed by atoms with Gasteiger partial charge in [-0.25, -0.2) is 8.78 Å². The van der Waals surface area contributed by atoms with E-state index in [1.54, 1.807) is 6.08 Å². The van der Waals surface area contributed by atoms with Crippen molar-refractivity contribution >= 4 is 6.08 Å². The van der Waals surface area contributed by atoms with Crippen LogP contribution in [0.5, 0.6) is 0 Å². The summed E-state index contributed by atoms with van der Waals surface area (Å²) in [5.74, 6) is -0.483. The van der Waals surface area contributed by atoms with Crippen molar-refractivity contribution in [1.29, 1.82) is 0 Å². The first-order valence-electron chi connectivity index (χ1n) is 5.42. The second-order valence-electron chi connectivity index (χ2n) is 4.12. The maximum absolute atomic E-state index is 13.2. The molecular formula is C13H17F2N. The summed E-state index contributed by atoms with van der Waals surface area (Å²) in [7, 11) is 0. The van der Waals surface area contributed by atoms with Gasteiger partial charge in [0.15, 0.2) is 0 Å². The molecule has 16 heavy (non-hydrogen) atoms. The number of hydrogen-bond donors (Lipinski definition) is 1. The fourth-order valence-electron chi connectivity index (χ4n) is 1.28. The average Bonchev–Trinajstić information content (AvgIpc) is 2.20. The molecule has 3 heteroatoms. The summed E-state index contributed by atoms with van der Waals surface area (Å²) < 4.78 is 25.8. The number of hydrogen-bond acceptors (Lipinski definition) is 1. The van der Waals surface area contributed by atoms with E-state index in [-0.39, 0.29) is 0 Å². The lowest BCUT2D eigenvalue weighted by atomic mass is 10.2. The van der Waals surface area contributed by atoms with Crippen LogP contribution in [0.25, 0.3) is 6.08 Å². The monoisotopic (exact) mass is 225 g/mol. The molecule has 1 nitrogen and oxygen atoms in total. The van der Waals surface area contributed by atoms with Gasteiger partial charge >= 0.3 is 0 Å². The van der Waals surface area contributed by atoms with Gasteiger partial charge in [-0.2, -0.15) is 0 Å². The standard InChI is InChI=1S/C13H17F2N/c1-10(2)9-16-7-3-4-11-5-6-12(14)8-13(11)15/h3-6,8,10,16H,7,9H2,1-2H3. The lowest BCUT2D eigenvalue weighted by molar-refractivity contribution is 0.576. The molecule has 1 rings (SSSR count). The van der Waals surface area contributed by atoms with Crippen molar-refractivity contribution in [2.75, 3.05) is 13.1 Å². The summed E-state index contributed by atoms with van der Waals surface area (Å²) >= 11 is 0. The molecule has 1 aromatic carbocycles. The Kier molecular flexibility index (Phi) is 5.12. The van der Waals surface area contributed by atoms with Crippen LogP contribution in [0.4, 0.5) is 8.78 Å². The molecule has 0 heterocycles. The molecule has 0 atom stereocenters. The van der Waals surface area contributed by atoms with Gasteiger partial charge in [-0.05, 0) is 24.6 Å². The van der Waals surface area contributed by atoms with Crippen molar-refractivity contribution in [2.45, 2.75) is 13.8 Å². The quantitative estimate of drug-likeness (QED) is 0.759. The Hall–Kier alpha value is -1.22. The van der Waals surface area contributed by atoms with E-state index in [1.807, 2.05) is 6.08 Å². The topological polar surface area (TPSA) is 12.0 Å². The Balaban J connectivity index is 2.44. The third-order valence-corrected chi connectivity index (χ3v) is 2.07. The summed E-state index contributed by atoms with van der Waals surface area (Å²) in [6, 6.07) is 3.58. The van der Waals surface area contributed by atoms with Crippen molar-refractivity contribution in [2.24, 2.45) is 5.92 Å². The summed E-state index contributed by atoms with van der Waals surface area (Å²) in [6.07, 6.45) is 3.49. The van der Waals surface area contributed by atoms with Crippen molar-refractivity contribution in [3.05, 3.63) is 41.5 Å². The Labute approximate surface area is 95.2 Å². The van der Waals surface area contributed by atoms with Gasteiger partial charge in [-0.15, -0.1) is 0 Å². The average molecular weight is 225 g/mol. The molecule has 1 aromatic rings. The van der Waals surface area contributed by atoms with E-state index in [1.165, 1.54) is 12.1 Å². The molecule has 0 fully saturated rings. The van der Waals surface area contributed by atoms with Gasteiger partial charge in [0.1, 0.15) is 11.6 Å². The van der Waals surface area contributed by atoms with Crippen molar-refractivity contribution < 1.29 is 8.78 Å². The van der Waals surface area contributed by atoms with E-state index < -0.39 is 11.6 Å². The van der Waals surface area contributed by atoms with Crippen molar-refractivity contribution in [3.63, 3.8) is 0 Å². The molecule has 0 aliphatic carbocycles. The van der Waals surface area contributed by atoms with Crippen LogP contribution in [0.1, 0.15) is 19.4 Å². The van der Waals surface area contributed by atoms with Gasteiger partial charge in [0.05, 0.1) is 0 Å². The van der Waals surface area contributed by atoms with Gasteiger partial charge in [0.25, 0.3) is 0 Å². The molecule has 0 amide bonds. The molecule has 0 unspecified atom stereocenters. The lowest BCUT2D eigenvalue weighted by Gasteiger charge is -2.03. The molecule has 0 radical (unpaired) electrons. The largest absolute Gasteiger partial charge is 0.313 e. The van der Waals surface area contributed by atoms with Crippen LogP contribution in [-0.2, 0) is 0 Å². The summed E-state index contributed by atoms with van der Waals surface area (Å²) in [5, 5.41) is 3.20. The first kappa shape index (κ1) is 12.8. The Morgan fingerprint density at radius 2 is 2.06 bits per heavy atom. The molecule has 0 aliphatic heterocycles. The maximum Gasteiger partial charge on any atom is 0.133 e. The number of benzene rings is 1. The minimum absolute atomic E-state index is 0.410. The first-order valence-corrected chi connectivity index (χ1v) is 5.42. The Morgan fingerprint density at radius 3 is 2.69 bits per heavy atom. The van der Waals surface area contributed by atoms with Gasteiger partial charge < -0.3 is 5.32 Å². The highest BCUT2D eigenvalue weighted by Crippen LogP contribution is 2.10.